The molecular formula is C22H24F3NO2. The van der Waals surface area contributed by atoms with Crippen LogP contribution < -0.4 is 4.74 Å². The van der Waals surface area contributed by atoms with Gasteiger partial charge < -0.3 is 9.84 Å². The summed E-state index contributed by atoms with van der Waals surface area (Å²) in [5.74, 6) is -0.934. The average molecular weight is 391 g/mol. The molecule has 2 saturated heterocycles. The molecule has 150 valence electrons. The van der Waals surface area contributed by atoms with Crippen LogP contribution in [0.25, 0.3) is 0 Å². The van der Waals surface area contributed by atoms with Gasteiger partial charge in [-0.1, -0.05) is 36.8 Å². The number of halogens is 3. The summed E-state index contributed by atoms with van der Waals surface area (Å²) in [6.07, 6.45) is 3.80. The molecule has 0 aliphatic carbocycles. The highest BCUT2D eigenvalue weighted by molar-refractivity contribution is 5.39. The molecule has 3 nitrogen and oxygen atoms in total. The number of hydrogen-bond acceptors (Lipinski definition) is 3. The molecule has 2 heterocycles. The maximum absolute atomic E-state index is 13.6. The fourth-order valence-corrected chi connectivity index (χ4v) is 4.87. The van der Waals surface area contributed by atoms with Crippen LogP contribution in [0.4, 0.5) is 13.2 Å². The molecule has 2 fully saturated rings. The van der Waals surface area contributed by atoms with Gasteiger partial charge in [-0.15, -0.1) is 0 Å². The molecule has 2 aromatic rings. The largest absolute Gasteiger partial charge is 0.434 e. The van der Waals surface area contributed by atoms with Crippen LogP contribution in [0.3, 0.4) is 0 Å². The predicted octanol–water partition coefficient (Wildman–Crippen LogP) is 4.83. The molecule has 4 rings (SSSR count). The van der Waals surface area contributed by atoms with E-state index in [9.17, 15) is 18.3 Å². The van der Waals surface area contributed by atoms with E-state index in [1.165, 1.54) is 17.7 Å². The third-order valence-electron chi connectivity index (χ3n) is 6.03. The van der Waals surface area contributed by atoms with Crippen LogP contribution in [-0.2, 0) is 12.1 Å². The number of piperidine rings is 2. The molecular weight excluding hydrogens is 367 g/mol. The summed E-state index contributed by atoms with van der Waals surface area (Å²) in [5.41, 5.74) is 0.166. The number of nitrogens with zero attached hydrogens (tertiary/aromatic N) is 1. The number of hydrogen-bond donors (Lipinski definition) is 1. The van der Waals surface area contributed by atoms with Crippen LogP contribution in [0.2, 0.25) is 0 Å². The smallest absolute Gasteiger partial charge is 0.387 e. The van der Waals surface area contributed by atoms with Gasteiger partial charge in [0.25, 0.3) is 0 Å². The quantitative estimate of drug-likeness (QED) is 0.792. The highest BCUT2D eigenvalue weighted by Crippen LogP contribution is 2.47. The van der Waals surface area contributed by atoms with E-state index in [4.69, 9.17) is 0 Å². The lowest BCUT2D eigenvalue weighted by atomic mass is 9.72. The lowest BCUT2D eigenvalue weighted by Gasteiger charge is -2.52. The molecule has 1 N–H and O–H groups in total. The number of ether oxygens (including phenoxy) is 1. The SMILES string of the molecule is OC1(c2ccc(F)cc2OC(F)F)CC2CCCC(C1)N2Cc1ccccc1. The summed E-state index contributed by atoms with van der Waals surface area (Å²) in [6.45, 7) is -2.27. The molecule has 2 aliphatic heterocycles. The van der Waals surface area contributed by atoms with Crippen molar-refractivity contribution in [2.45, 2.75) is 62.9 Å². The molecule has 0 aromatic heterocycles. The van der Waals surface area contributed by atoms with Crippen LogP contribution >= 0.6 is 0 Å². The molecule has 2 bridgehead atoms. The summed E-state index contributed by atoms with van der Waals surface area (Å²) in [5, 5.41) is 11.4. The second-order valence-electron chi connectivity index (χ2n) is 7.86. The van der Waals surface area contributed by atoms with Crippen molar-refractivity contribution < 1.29 is 23.0 Å². The number of benzene rings is 2. The van der Waals surface area contributed by atoms with Gasteiger partial charge in [0.05, 0.1) is 5.60 Å². The zero-order valence-electron chi connectivity index (χ0n) is 15.5. The van der Waals surface area contributed by atoms with Crippen LogP contribution in [-0.4, -0.2) is 28.7 Å². The Morgan fingerprint density at radius 1 is 1.07 bits per heavy atom. The Balaban J connectivity index is 1.61. The predicted molar refractivity (Wildman–Crippen MR) is 99.6 cm³/mol. The molecule has 0 amide bonds. The molecule has 2 atom stereocenters. The second-order valence-corrected chi connectivity index (χ2v) is 7.86. The monoisotopic (exact) mass is 391 g/mol. The van der Waals surface area contributed by atoms with Crippen molar-refractivity contribution in [1.29, 1.82) is 0 Å². The third-order valence-corrected chi connectivity index (χ3v) is 6.03. The fraction of sp³-hybridized carbons (Fsp3) is 0.455. The fourth-order valence-electron chi connectivity index (χ4n) is 4.87. The summed E-state index contributed by atoms with van der Waals surface area (Å²) in [4.78, 5) is 2.42. The third kappa shape index (κ3) is 3.89. The minimum absolute atomic E-state index is 0.141. The second kappa shape index (κ2) is 7.76. The number of alkyl halides is 2. The van der Waals surface area contributed by atoms with Crippen molar-refractivity contribution in [2.24, 2.45) is 0 Å². The van der Waals surface area contributed by atoms with E-state index in [0.29, 0.717) is 12.8 Å². The first kappa shape index (κ1) is 19.3. The Morgan fingerprint density at radius 2 is 1.75 bits per heavy atom. The highest BCUT2D eigenvalue weighted by atomic mass is 19.3. The first-order chi connectivity index (χ1) is 13.4. The summed E-state index contributed by atoms with van der Waals surface area (Å²) < 4.78 is 43.8. The summed E-state index contributed by atoms with van der Waals surface area (Å²) >= 11 is 0. The van der Waals surface area contributed by atoms with Crippen molar-refractivity contribution in [3.63, 3.8) is 0 Å². The first-order valence-electron chi connectivity index (χ1n) is 9.71. The van der Waals surface area contributed by atoms with Crippen molar-refractivity contribution in [3.8, 4) is 5.75 Å². The maximum atomic E-state index is 13.6. The molecule has 2 aliphatic rings. The minimum atomic E-state index is -3.07. The summed E-state index contributed by atoms with van der Waals surface area (Å²) in [7, 11) is 0. The molecule has 0 spiro atoms. The number of rotatable bonds is 5. The van der Waals surface area contributed by atoms with E-state index >= 15 is 0 Å². The Morgan fingerprint density at radius 3 is 2.39 bits per heavy atom. The van der Waals surface area contributed by atoms with E-state index in [1.807, 2.05) is 18.2 Å². The molecule has 0 saturated carbocycles. The topological polar surface area (TPSA) is 32.7 Å². The van der Waals surface area contributed by atoms with Gasteiger partial charge in [-0.05, 0) is 43.4 Å². The molecule has 6 heteroatoms. The standard InChI is InChI=1S/C22H24F3NO2/c23-16-9-10-19(20(11-16)28-21(24)25)22(27)12-17-7-4-8-18(13-22)26(17)14-15-5-2-1-3-6-15/h1-3,5-6,9-11,17-18,21,27H,4,7-8,12-14H2. The zero-order chi connectivity index (χ0) is 19.7. The maximum Gasteiger partial charge on any atom is 0.387 e. The van der Waals surface area contributed by atoms with E-state index < -0.39 is 18.0 Å². The van der Waals surface area contributed by atoms with E-state index in [2.05, 4.69) is 21.8 Å². The first-order valence-corrected chi connectivity index (χ1v) is 9.71. The van der Waals surface area contributed by atoms with Crippen LogP contribution in [0, 0.1) is 5.82 Å². The molecule has 0 radical (unpaired) electrons. The van der Waals surface area contributed by atoms with Crippen LogP contribution in [0.5, 0.6) is 5.75 Å². The average Bonchev–Trinajstić information content (AvgIpc) is 2.63. The van der Waals surface area contributed by atoms with Gasteiger partial charge in [0, 0.05) is 30.3 Å². The van der Waals surface area contributed by atoms with Gasteiger partial charge in [-0.25, -0.2) is 4.39 Å². The van der Waals surface area contributed by atoms with Crippen LogP contribution in [0.15, 0.2) is 48.5 Å². The van der Waals surface area contributed by atoms with Gasteiger partial charge in [0.1, 0.15) is 11.6 Å². The van der Waals surface area contributed by atoms with E-state index in [1.54, 1.807) is 0 Å². The lowest BCUT2D eigenvalue weighted by molar-refractivity contribution is -0.104. The number of aliphatic hydroxyl groups is 1. The highest BCUT2D eigenvalue weighted by Gasteiger charge is 2.47. The summed E-state index contributed by atoms with van der Waals surface area (Å²) in [6, 6.07) is 14.0. The van der Waals surface area contributed by atoms with Gasteiger partial charge in [-0.3, -0.25) is 4.90 Å². The Bertz CT molecular complexity index is 801. The van der Waals surface area contributed by atoms with Gasteiger partial charge in [0.15, 0.2) is 0 Å². The lowest BCUT2D eigenvalue weighted by Crippen LogP contribution is -2.56. The van der Waals surface area contributed by atoms with Crippen LogP contribution in [0.1, 0.15) is 43.2 Å². The van der Waals surface area contributed by atoms with Crippen molar-refractivity contribution in [2.75, 3.05) is 0 Å². The number of fused-ring (bicyclic) bond motifs is 2. The van der Waals surface area contributed by atoms with Gasteiger partial charge in [0.2, 0.25) is 0 Å². The minimum Gasteiger partial charge on any atom is -0.434 e. The molecule has 28 heavy (non-hydrogen) atoms. The Hall–Kier alpha value is -2.05. The molecule has 2 aromatic carbocycles. The Kier molecular flexibility index (Phi) is 5.34. The Labute approximate surface area is 162 Å². The van der Waals surface area contributed by atoms with Crippen molar-refractivity contribution in [1.82, 2.24) is 4.90 Å². The normalized spacial score (nSPS) is 27.8. The van der Waals surface area contributed by atoms with Gasteiger partial charge in [-0.2, -0.15) is 8.78 Å². The zero-order valence-corrected chi connectivity index (χ0v) is 15.5. The molecule has 2 unspecified atom stereocenters. The van der Waals surface area contributed by atoms with Crippen molar-refractivity contribution >= 4 is 0 Å². The van der Waals surface area contributed by atoms with Crippen molar-refractivity contribution in [3.05, 3.63) is 65.5 Å². The van der Waals surface area contributed by atoms with E-state index in [0.717, 1.165) is 31.9 Å². The van der Waals surface area contributed by atoms with Gasteiger partial charge >= 0.3 is 6.61 Å². The van der Waals surface area contributed by atoms with E-state index in [-0.39, 0.29) is 23.4 Å².